The molecule has 2 rings (SSSR count). The van der Waals surface area contributed by atoms with E-state index in [1.807, 2.05) is 4.72 Å². The van der Waals surface area contributed by atoms with Gasteiger partial charge < -0.3 is 5.73 Å². The van der Waals surface area contributed by atoms with Gasteiger partial charge in [-0.05, 0) is 11.6 Å². The Bertz CT molecular complexity index is 695. The molecular weight excluding hydrogens is 286 g/mol. The molecule has 0 bridgehead atoms. The first kappa shape index (κ1) is 14.3. The second-order valence-corrected chi connectivity index (χ2v) is 5.92. The van der Waals surface area contributed by atoms with Gasteiger partial charge in [0.25, 0.3) is 0 Å². The predicted molar refractivity (Wildman–Crippen MR) is 73.5 cm³/mol. The van der Waals surface area contributed by atoms with Crippen molar-refractivity contribution in [2.24, 2.45) is 0 Å². The van der Waals surface area contributed by atoms with Gasteiger partial charge in [0.15, 0.2) is 5.82 Å². The van der Waals surface area contributed by atoms with Crippen LogP contribution in [0.2, 0.25) is 0 Å². The van der Waals surface area contributed by atoms with Crippen LogP contribution in [0.15, 0.2) is 42.5 Å². The minimum atomic E-state index is -3.84. The summed E-state index contributed by atoms with van der Waals surface area (Å²) in [5, 5.41) is 0. The molecule has 0 aliphatic rings. The van der Waals surface area contributed by atoms with Crippen LogP contribution in [0.4, 0.5) is 20.2 Å². The van der Waals surface area contributed by atoms with E-state index in [1.54, 1.807) is 30.3 Å². The van der Waals surface area contributed by atoms with Crippen LogP contribution < -0.4 is 10.5 Å². The molecule has 0 atom stereocenters. The number of hydrogen-bond donors (Lipinski definition) is 2. The molecule has 0 spiro atoms. The van der Waals surface area contributed by atoms with Crippen molar-refractivity contribution in [3.63, 3.8) is 0 Å². The summed E-state index contributed by atoms with van der Waals surface area (Å²) in [6.07, 6.45) is 0. The van der Waals surface area contributed by atoms with Crippen LogP contribution in [-0.4, -0.2) is 8.42 Å². The first-order valence-electron chi connectivity index (χ1n) is 5.66. The van der Waals surface area contributed by atoms with Gasteiger partial charge in [-0.2, -0.15) is 0 Å². The van der Waals surface area contributed by atoms with Crippen LogP contribution in [0.3, 0.4) is 0 Å². The Morgan fingerprint density at radius 2 is 1.75 bits per heavy atom. The maximum Gasteiger partial charge on any atom is 0.237 e. The standard InChI is InChI=1S/C13H12F2N2O2S/c14-10-6-11(15)13(12(16)7-10)17-20(18,19)8-9-4-2-1-3-5-9/h1-7,17H,8,16H2. The van der Waals surface area contributed by atoms with Crippen molar-refractivity contribution < 1.29 is 17.2 Å². The quantitative estimate of drug-likeness (QED) is 0.852. The fraction of sp³-hybridized carbons (Fsp3) is 0.0769. The normalized spacial score (nSPS) is 11.3. The predicted octanol–water partition coefficient (Wildman–Crippen LogP) is 2.49. The monoisotopic (exact) mass is 298 g/mol. The minimum absolute atomic E-state index is 0.306. The molecule has 0 aliphatic carbocycles. The largest absolute Gasteiger partial charge is 0.397 e. The van der Waals surface area contributed by atoms with E-state index in [0.29, 0.717) is 11.6 Å². The fourth-order valence-electron chi connectivity index (χ4n) is 1.69. The Hall–Kier alpha value is -2.15. The molecule has 2 aromatic rings. The highest BCUT2D eigenvalue weighted by atomic mass is 32.2. The van der Waals surface area contributed by atoms with Gasteiger partial charge >= 0.3 is 0 Å². The molecule has 0 heterocycles. The first-order chi connectivity index (χ1) is 9.37. The Balaban J connectivity index is 2.25. The summed E-state index contributed by atoms with van der Waals surface area (Å²) in [5.74, 6) is -2.26. The Labute approximate surface area is 115 Å². The zero-order valence-electron chi connectivity index (χ0n) is 10.3. The molecule has 2 aromatic carbocycles. The number of rotatable bonds is 4. The topological polar surface area (TPSA) is 72.2 Å². The van der Waals surface area contributed by atoms with Crippen molar-refractivity contribution in [3.8, 4) is 0 Å². The van der Waals surface area contributed by atoms with Gasteiger partial charge in [0, 0.05) is 6.07 Å². The van der Waals surface area contributed by atoms with Crippen LogP contribution in [0.25, 0.3) is 0 Å². The summed E-state index contributed by atoms with van der Waals surface area (Å²) in [6, 6.07) is 9.81. The van der Waals surface area contributed by atoms with Crippen molar-refractivity contribution in [3.05, 3.63) is 59.7 Å². The zero-order valence-corrected chi connectivity index (χ0v) is 11.1. The van der Waals surface area contributed by atoms with Gasteiger partial charge in [-0.1, -0.05) is 30.3 Å². The lowest BCUT2D eigenvalue weighted by molar-refractivity contribution is 0.583. The Morgan fingerprint density at radius 3 is 2.35 bits per heavy atom. The minimum Gasteiger partial charge on any atom is -0.397 e. The highest BCUT2D eigenvalue weighted by Gasteiger charge is 2.17. The SMILES string of the molecule is Nc1cc(F)cc(F)c1NS(=O)(=O)Cc1ccccc1. The average Bonchev–Trinajstić information content (AvgIpc) is 2.34. The molecule has 0 aromatic heterocycles. The fourth-order valence-corrected chi connectivity index (χ4v) is 2.92. The molecule has 7 heteroatoms. The molecule has 0 saturated heterocycles. The highest BCUT2D eigenvalue weighted by Crippen LogP contribution is 2.25. The van der Waals surface area contributed by atoms with Crippen molar-refractivity contribution in [2.45, 2.75) is 5.75 Å². The van der Waals surface area contributed by atoms with Gasteiger partial charge in [-0.3, -0.25) is 4.72 Å². The molecule has 4 nitrogen and oxygen atoms in total. The molecule has 106 valence electrons. The second-order valence-electron chi connectivity index (χ2n) is 4.20. The van der Waals surface area contributed by atoms with E-state index in [0.717, 1.165) is 6.07 Å². The second kappa shape index (κ2) is 5.46. The van der Waals surface area contributed by atoms with Crippen LogP contribution >= 0.6 is 0 Å². The van der Waals surface area contributed by atoms with Crippen LogP contribution in [0, 0.1) is 11.6 Å². The van der Waals surface area contributed by atoms with Gasteiger partial charge in [0.2, 0.25) is 10.0 Å². The number of anilines is 2. The molecule has 0 aliphatic heterocycles. The van der Waals surface area contributed by atoms with E-state index in [9.17, 15) is 17.2 Å². The van der Waals surface area contributed by atoms with E-state index in [4.69, 9.17) is 5.73 Å². The molecule has 0 saturated carbocycles. The van der Waals surface area contributed by atoms with Crippen molar-refractivity contribution in [2.75, 3.05) is 10.5 Å². The van der Waals surface area contributed by atoms with E-state index in [2.05, 4.69) is 0 Å². The smallest absolute Gasteiger partial charge is 0.237 e. The van der Waals surface area contributed by atoms with Gasteiger partial charge in [-0.15, -0.1) is 0 Å². The number of nitrogen functional groups attached to an aromatic ring is 1. The molecular formula is C13H12F2N2O2S. The third kappa shape index (κ3) is 3.45. The van der Waals surface area contributed by atoms with E-state index >= 15 is 0 Å². The molecule has 3 N–H and O–H groups in total. The number of sulfonamides is 1. The summed E-state index contributed by atoms with van der Waals surface area (Å²) >= 11 is 0. The van der Waals surface area contributed by atoms with Crippen molar-refractivity contribution >= 4 is 21.4 Å². The Morgan fingerprint density at radius 1 is 1.10 bits per heavy atom. The molecule has 0 amide bonds. The molecule has 0 fully saturated rings. The lowest BCUT2D eigenvalue weighted by atomic mass is 10.2. The summed E-state index contributed by atoms with van der Waals surface area (Å²) < 4.78 is 52.3. The van der Waals surface area contributed by atoms with Gasteiger partial charge in [0.1, 0.15) is 11.5 Å². The summed E-state index contributed by atoms with van der Waals surface area (Å²) in [4.78, 5) is 0. The zero-order chi connectivity index (χ0) is 14.8. The first-order valence-corrected chi connectivity index (χ1v) is 7.31. The van der Waals surface area contributed by atoms with Gasteiger partial charge in [-0.25, -0.2) is 17.2 Å². The molecule has 0 unspecified atom stereocenters. The number of hydrogen-bond acceptors (Lipinski definition) is 3. The maximum atomic E-state index is 13.5. The molecule has 20 heavy (non-hydrogen) atoms. The number of benzene rings is 2. The number of nitrogens with one attached hydrogen (secondary N) is 1. The average molecular weight is 298 g/mol. The number of halogens is 2. The third-order valence-corrected chi connectivity index (χ3v) is 3.77. The van der Waals surface area contributed by atoms with Crippen LogP contribution in [-0.2, 0) is 15.8 Å². The lowest BCUT2D eigenvalue weighted by Crippen LogP contribution is -2.17. The van der Waals surface area contributed by atoms with E-state index < -0.39 is 27.3 Å². The summed E-state index contributed by atoms with van der Waals surface area (Å²) in [5.41, 5.74) is 5.21. The maximum absolute atomic E-state index is 13.5. The summed E-state index contributed by atoms with van der Waals surface area (Å²) in [6.45, 7) is 0. The number of nitrogens with two attached hydrogens (primary N) is 1. The van der Waals surface area contributed by atoms with E-state index in [-0.39, 0.29) is 11.4 Å². The lowest BCUT2D eigenvalue weighted by Gasteiger charge is -2.11. The molecule has 0 radical (unpaired) electrons. The van der Waals surface area contributed by atoms with Crippen LogP contribution in [0.5, 0.6) is 0 Å². The van der Waals surface area contributed by atoms with Crippen molar-refractivity contribution in [1.29, 1.82) is 0 Å². The third-order valence-electron chi connectivity index (χ3n) is 2.54. The van der Waals surface area contributed by atoms with Crippen molar-refractivity contribution in [1.82, 2.24) is 0 Å². The highest BCUT2D eigenvalue weighted by molar-refractivity contribution is 7.91. The summed E-state index contributed by atoms with van der Waals surface area (Å²) in [7, 11) is -3.84. The Kier molecular flexibility index (Phi) is 3.89. The van der Waals surface area contributed by atoms with E-state index in [1.165, 1.54) is 0 Å². The van der Waals surface area contributed by atoms with Gasteiger partial charge in [0.05, 0.1) is 11.4 Å². The van der Waals surface area contributed by atoms with Crippen LogP contribution in [0.1, 0.15) is 5.56 Å².